The highest BCUT2D eigenvalue weighted by Gasteiger charge is 2.53. The van der Waals surface area contributed by atoms with Gasteiger partial charge in [0.15, 0.2) is 0 Å². The Morgan fingerprint density at radius 1 is 1.45 bits per heavy atom. The van der Waals surface area contributed by atoms with Crippen LogP contribution in [-0.2, 0) is 16.0 Å². The van der Waals surface area contributed by atoms with Gasteiger partial charge in [0.2, 0.25) is 5.91 Å². The molecule has 0 saturated carbocycles. The van der Waals surface area contributed by atoms with Gasteiger partial charge in [-0.3, -0.25) is 9.59 Å². The number of aromatic nitrogens is 1. The first-order chi connectivity index (χ1) is 10.2. The highest BCUT2D eigenvalue weighted by atomic mass is 32.1. The molecular formula is C13H15F3N2O3S. The van der Waals surface area contributed by atoms with Crippen molar-refractivity contribution in [1.29, 1.82) is 0 Å². The number of carboxylic acids is 1. The summed E-state index contributed by atoms with van der Waals surface area (Å²) < 4.78 is 38.6. The van der Waals surface area contributed by atoms with Crippen molar-refractivity contribution in [1.82, 2.24) is 9.88 Å². The Kier molecular flexibility index (Phi) is 4.74. The topological polar surface area (TPSA) is 70.5 Å². The van der Waals surface area contributed by atoms with Gasteiger partial charge in [0.25, 0.3) is 0 Å². The largest absolute Gasteiger partial charge is 0.481 e. The molecule has 22 heavy (non-hydrogen) atoms. The first-order valence-corrected chi connectivity index (χ1v) is 7.54. The second-order valence-corrected chi connectivity index (χ2v) is 6.22. The average molecular weight is 336 g/mol. The van der Waals surface area contributed by atoms with Crippen molar-refractivity contribution in [3.05, 3.63) is 16.1 Å². The molecule has 1 aliphatic rings. The van der Waals surface area contributed by atoms with Crippen molar-refractivity contribution in [2.75, 3.05) is 13.1 Å². The number of carbonyl (C=O) groups excluding carboxylic acids is 1. The van der Waals surface area contributed by atoms with Gasteiger partial charge in [0.1, 0.15) is 0 Å². The number of nitrogens with zero attached hydrogens (tertiary/aromatic N) is 2. The number of hydrogen-bond acceptors (Lipinski definition) is 4. The van der Waals surface area contributed by atoms with Gasteiger partial charge >= 0.3 is 12.1 Å². The maximum atomic E-state index is 12.9. The van der Waals surface area contributed by atoms with Crippen molar-refractivity contribution >= 4 is 23.2 Å². The van der Waals surface area contributed by atoms with Crippen molar-refractivity contribution in [3.63, 3.8) is 0 Å². The van der Waals surface area contributed by atoms with E-state index in [9.17, 15) is 22.8 Å². The molecule has 2 rings (SSSR count). The van der Waals surface area contributed by atoms with E-state index >= 15 is 0 Å². The van der Waals surface area contributed by atoms with E-state index in [4.69, 9.17) is 5.11 Å². The minimum absolute atomic E-state index is 0.0316. The number of hydrogen-bond donors (Lipinski definition) is 1. The quantitative estimate of drug-likeness (QED) is 0.914. The highest BCUT2D eigenvalue weighted by Crippen LogP contribution is 2.37. The smallest absolute Gasteiger partial charge is 0.394 e. The van der Waals surface area contributed by atoms with Gasteiger partial charge < -0.3 is 10.0 Å². The molecule has 2 atom stereocenters. The number of thiazole rings is 1. The van der Waals surface area contributed by atoms with Crippen molar-refractivity contribution < 1.29 is 27.9 Å². The molecule has 0 spiro atoms. The van der Waals surface area contributed by atoms with Gasteiger partial charge in [-0.1, -0.05) is 0 Å². The van der Waals surface area contributed by atoms with Crippen molar-refractivity contribution in [2.45, 2.75) is 25.9 Å². The monoisotopic (exact) mass is 336 g/mol. The Morgan fingerprint density at radius 3 is 2.59 bits per heavy atom. The second-order valence-electron chi connectivity index (χ2n) is 5.27. The van der Waals surface area contributed by atoms with Gasteiger partial charge in [-0.15, -0.1) is 11.3 Å². The molecule has 0 aliphatic carbocycles. The van der Waals surface area contributed by atoms with Gasteiger partial charge in [0, 0.05) is 37.0 Å². The van der Waals surface area contributed by atoms with Crippen LogP contribution in [0.4, 0.5) is 13.2 Å². The van der Waals surface area contributed by atoms with Crippen LogP contribution in [0.15, 0.2) is 5.38 Å². The first-order valence-electron chi connectivity index (χ1n) is 6.66. The third kappa shape index (κ3) is 3.76. The Morgan fingerprint density at radius 2 is 2.14 bits per heavy atom. The Labute approximate surface area is 128 Å². The summed E-state index contributed by atoms with van der Waals surface area (Å²) in [6.45, 7) is 0.832. The number of rotatable bonds is 4. The van der Waals surface area contributed by atoms with Crippen LogP contribution in [0, 0.1) is 18.8 Å². The fourth-order valence-corrected chi connectivity index (χ4v) is 3.25. The summed E-state index contributed by atoms with van der Waals surface area (Å²) in [6.07, 6.45) is -4.24. The Bertz CT molecular complexity index is 573. The number of alkyl halides is 3. The number of aryl methyl sites for hydroxylation is 2. The average Bonchev–Trinajstić information content (AvgIpc) is 3.01. The van der Waals surface area contributed by atoms with Gasteiger partial charge in [-0.2, -0.15) is 13.2 Å². The summed E-state index contributed by atoms with van der Waals surface area (Å²) in [5.74, 6) is -5.58. The van der Waals surface area contributed by atoms with E-state index < -0.39 is 43.0 Å². The van der Waals surface area contributed by atoms with E-state index in [2.05, 4.69) is 4.98 Å². The molecule has 0 radical (unpaired) electrons. The van der Waals surface area contributed by atoms with E-state index in [1.807, 2.05) is 12.3 Å². The van der Waals surface area contributed by atoms with Gasteiger partial charge in [-0.25, -0.2) is 4.98 Å². The number of amides is 1. The van der Waals surface area contributed by atoms with Crippen LogP contribution in [-0.4, -0.2) is 46.1 Å². The third-order valence-electron chi connectivity index (χ3n) is 3.63. The molecule has 1 aliphatic heterocycles. The first kappa shape index (κ1) is 16.7. The summed E-state index contributed by atoms with van der Waals surface area (Å²) in [5, 5.41) is 11.5. The number of likely N-dealkylation sites (tertiary alicyclic amines) is 1. The van der Waals surface area contributed by atoms with E-state index in [1.165, 1.54) is 11.3 Å². The molecule has 1 amide bonds. The summed E-state index contributed by atoms with van der Waals surface area (Å²) in [4.78, 5) is 28.1. The van der Waals surface area contributed by atoms with Crippen molar-refractivity contribution in [3.8, 4) is 0 Å². The zero-order valence-corrected chi connectivity index (χ0v) is 12.6. The summed E-state index contributed by atoms with van der Waals surface area (Å²) in [5.41, 5.74) is 0.830. The normalized spacial score (nSPS) is 22.1. The van der Waals surface area contributed by atoms with E-state index in [-0.39, 0.29) is 6.42 Å². The number of carboxylic acid groups (broad SMARTS) is 1. The van der Waals surface area contributed by atoms with Crippen LogP contribution < -0.4 is 0 Å². The van der Waals surface area contributed by atoms with E-state index in [0.717, 1.165) is 15.6 Å². The molecule has 122 valence electrons. The molecule has 0 aromatic carbocycles. The molecule has 0 unspecified atom stereocenters. The van der Waals surface area contributed by atoms with E-state index in [0.29, 0.717) is 6.42 Å². The maximum absolute atomic E-state index is 12.9. The summed E-state index contributed by atoms with van der Waals surface area (Å²) in [6, 6.07) is 0. The molecule has 5 nitrogen and oxygen atoms in total. The van der Waals surface area contributed by atoms with Gasteiger partial charge in [0.05, 0.1) is 16.8 Å². The van der Waals surface area contributed by atoms with Crippen LogP contribution in [0.5, 0.6) is 0 Å². The fraction of sp³-hybridized carbons (Fsp3) is 0.615. The molecule has 1 aromatic heterocycles. The number of halogens is 3. The minimum atomic E-state index is -4.62. The van der Waals surface area contributed by atoms with Crippen LogP contribution in [0.2, 0.25) is 0 Å². The third-order valence-corrected chi connectivity index (χ3v) is 4.66. The lowest BCUT2D eigenvalue weighted by atomic mass is 9.96. The number of carbonyl (C=O) groups is 2. The molecule has 1 N–H and O–H groups in total. The molecule has 1 aromatic rings. The van der Waals surface area contributed by atoms with Crippen LogP contribution >= 0.6 is 11.3 Å². The molecule has 2 heterocycles. The molecule has 1 saturated heterocycles. The van der Waals surface area contributed by atoms with Crippen LogP contribution in [0.3, 0.4) is 0 Å². The summed E-state index contributed by atoms with van der Waals surface area (Å²) >= 11 is 1.39. The van der Waals surface area contributed by atoms with Crippen molar-refractivity contribution in [2.24, 2.45) is 11.8 Å². The van der Waals surface area contributed by atoms with E-state index in [1.54, 1.807) is 0 Å². The number of aliphatic carboxylic acids is 1. The molecule has 9 heteroatoms. The predicted octanol–water partition coefficient (Wildman–Crippen LogP) is 2.11. The lowest BCUT2D eigenvalue weighted by Gasteiger charge is -2.18. The SMILES string of the molecule is Cc1csc(CCC(=O)N2C[C@@H](C(F)(F)F)[C@H](C(=O)O)C2)n1. The Hall–Kier alpha value is -1.64. The zero-order valence-electron chi connectivity index (χ0n) is 11.8. The lowest BCUT2D eigenvalue weighted by molar-refractivity contribution is -0.188. The molecular weight excluding hydrogens is 321 g/mol. The Balaban J connectivity index is 1.97. The standard InChI is InChI=1S/C13H15F3N2O3S/c1-7-6-22-10(17-7)2-3-11(19)18-4-8(12(20)21)9(5-18)13(14,15)16/h6,8-9H,2-5H2,1H3,(H,20,21)/t8-,9-/m1/s1. The minimum Gasteiger partial charge on any atom is -0.481 e. The van der Waals surface area contributed by atoms with Crippen LogP contribution in [0.25, 0.3) is 0 Å². The maximum Gasteiger partial charge on any atom is 0.394 e. The molecule has 1 fully saturated rings. The van der Waals surface area contributed by atoms with Crippen LogP contribution in [0.1, 0.15) is 17.1 Å². The second kappa shape index (κ2) is 6.23. The predicted molar refractivity (Wildman–Crippen MR) is 72.4 cm³/mol. The highest BCUT2D eigenvalue weighted by molar-refractivity contribution is 7.09. The van der Waals surface area contributed by atoms with Gasteiger partial charge in [-0.05, 0) is 6.92 Å². The zero-order chi connectivity index (χ0) is 16.5. The lowest BCUT2D eigenvalue weighted by Crippen LogP contribution is -2.34. The summed E-state index contributed by atoms with van der Waals surface area (Å²) in [7, 11) is 0. The molecule has 0 bridgehead atoms. The fourth-order valence-electron chi connectivity index (χ4n) is 2.48.